The summed E-state index contributed by atoms with van der Waals surface area (Å²) < 4.78 is 15.8. The first-order valence-corrected chi connectivity index (χ1v) is 9.02. The Morgan fingerprint density at radius 3 is 2.17 bits per heavy atom. The van der Waals surface area contributed by atoms with Crippen LogP contribution >= 0.6 is 12.2 Å². The number of nitrogens with one attached hydrogen (secondary N) is 2. The largest absolute Gasteiger partial charge is 0.507 e. The van der Waals surface area contributed by atoms with Gasteiger partial charge in [0.2, 0.25) is 5.75 Å². The summed E-state index contributed by atoms with van der Waals surface area (Å²) >= 11 is 5.29. The van der Waals surface area contributed by atoms with Gasteiger partial charge in [-0.3, -0.25) is 10.1 Å². The predicted molar refractivity (Wildman–Crippen MR) is 115 cm³/mol. The number of rotatable bonds is 5. The number of carbonyl (C=O) groups is 1. The van der Waals surface area contributed by atoms with Crippen molar-refractivity contribution in [1.82, 2.24) is 5.32 Å². The van der Waals surface area contributed by atoms with Crippen LogP contribution in [0.25, 0.3) is 10.8 Å². The number of ether oxygens (including phenoxy) is 3. The second-order valence-electron chi connectivity index (χ2n) is 6.00. The molecule has 0 aliphatic rings. The summed E-state index contributed by atoms with van der Waals surface area (Å²) in [5, 5.41) is 17.2. The Morgan fingerprint density at radius 1 is 0.931 bits per heavy atom. The number of amides is 1. The molecule has 7 nitrogen and oxygen atoms in total. The van der Waals surface area contributed by atoms with E-state index in [4.69, 9.17) is 26.4 Å². The molecule has 0 aliphatic carbocycles. The fourth-order valence-corrected chi connectivity index (χ4v) is 3.15. The van der Waals surface area contributed by atoms with E-state index in [1.807, 2.05) is 6.07 Å². The molecule has 0 aliphatic heterocycles. The number of carbonyl (C=O) groups excluding carboxylic acids is 1. The molecule has 0 spiro atoms. The van der Waals surface area contributed by atoms with Crippen molar-refractivity contribution in [1.29, 1.82) is 0 Å². The molecule has 29 heavy (non-hydrogen) atoms. The summed E-state index contributed by atoms with van der Waals surface area (Å²) in [4.78, 5) is 12.7. The van der Waals surface area contributed by atoms with Gasteiger partial charge in [0, 0.05) is 22.0 Å². The molecule has 8 heteroatoms. The first-order valence-electron chi connectivity index (χ1n) is 8.61. The second-order valence-corrected chi connectivity index (χ2v) is 6.41. The molecule has 0 atom stereocenters. The standard InChI is InChI=1S/C21H20N2O5S/c1-26-17-10-12(11-18(27-2)19(17)28-3)20(25)23-21(29)22-15-8-4-7-14-13(15)6-5-9-16(14)24/h4-11,24H,1-3H3,(H2,22,23,25,29). The highest BCUT2D eigenvalue weighted by atomic mass is 32.1. The average Bonchev–Trinajstić information content (AvgIpc) is 2.73. The lowest BCUT2D eigenvalue weighted by Gasteiger charge is -2.15. The highest BCUT2D eigenvalue weighted by Gasteiger charge is 2.18. The Hall–Kier alpha value is -3.52. The molecular weight excluding hydrogens is 392 g/mol. The first kappa shape index (κ1) is 20.2. The molecule has 0 radical (unpaired) electrons. The number of methoxy groups -OCH3 is 3. The van der Waals surface area contributed by atoms with Gasteiger partial charge in [0.25, 0.3) is 5.91 Å². The van der Waals surface area contributed by atoms with Crippen molar-refractivity contribution in [3.05, 3.63) is 54.1 Å². The lowest BCUT2D eigenvalue weighted by molar-refractivity contribution is 0.0977. The van der Waals surface area contributed by atoms with Gasteiger partial charge in [-0.2, -0.15) is 0 Å². The lowest BCUT2D eigenvalue weighted by atomic mass is 10.1. The maximum Gasteiger partial charge on any atom is 0.257 e. The summed E-state index contributed by atoms with van der Waals surface area (Å²) in [6.45, 7) is 0. The summed E-state index contributed by atoms with van der Waals surface area (Å²) in [6.07, 6.45) is 0. The molecule has 0 bridgehead atoms. The van der Waals surface area contributed by atoms with Gasteiger partial charge in [0.1, 0.15) is 5.75 Å². The summed E-state index contributed by atoms with van der Waals surface area (Å²) in [6, 6.07) is 13.7. The predicted octanol–water partition coefficient (Wildman–Crippen LogP) is 3.70. The Labute approximate surface area is 173 Å². The van der Waals surface area contributed by atoms with Crippen LogP contribution in [0.1, 0.15) is 10.4 Å². The Bertz CT molecular complexity index is 1060. The van der Waals surface area contributed by atoms with Crippen LogP contribution in [-0.2, 0) is 0 Å². The van der Waals surface area contributed by atoms with Crippen LogP contribution in [0.2, 0.25) is 0 Å². The molecule has 3 aromatic rings. The molecule has 3 rings (SSSR count). The Morgan fingerprint density at radius 2 is 1.55 bits per heavy atom. The topological polar surface area (TPSA) is 89.1 Å². The quantitative estimate of drug-likeness (QED) is 0.551. The van der Waals surface area contributed by atoms with E-state index in [0.29, 0.717) is 33.9 Å². The number of hydrogen-bond acceptors (Lipinski definition) is 6. The van der Waals surface area contributed by atoms with Crippen LogP contribution in [0.3, 0.4) is 0 Å². The SMILES string of the molecule is COc1cc(C(=O)NC(=S)Nc2cccc3c(O)cccc23)cc(OC)c1OC. The van der Waals surface area contributed by atoms with Crippen molar-refractivity contribution in [2.24, 2.45) is 0 Å². The van der Waals surface area contributed by atoms with Crippen LogP contribution in [0.4, 0.5) is 5.69 Å². The van der Waals surface area contributed by atoms with Crippen LogP contribution in [0.5, 0.6) is 23.0 Å². The number of thiocarbonyl (C=S) groups is 1. The third kappa shape index (κ3) is 4.17. The smallest absolute Gasteiger partial charge is 0.257 e. The van der Waals surface area contributed by atoms with Crippen molar-refractivity contribution in [3.63, 3.8) is 0 Å². The number of fused-ring (bicyclic) bond motifs is 1. The molecule has 0 saturated heterocycles. The molecule has 0 unspecified atom stereocenters. The molecular formula is C21H20N2O5S. The summed E-state index contributed by atoms with van der Waals surface area (Å²) in [7, 11) is 4.43. The average molecular weight is 412 g/mol. The number of phenols is 1. The maximum atomic E-state index is 12.7. The minimum atomic E-state index is -0.440. The summed E-state index contributed by atoms with van der Waals surface area (Å²) in [5.74, 6) is 0.840. The zero-order valence-corrected chi connectivity index (χ0v) is 16.9. The number of hydrogen-bond donors (Lipinski definition) is 3. The minimum absolute atomic E-state index is 0.111. The van der Waals surface area contributed by atoms with Crippen molar-refractivity contribution >= 4 is 39.7 Å². The second kappa shape index (κ2) is 8.66. The number of aromatic hydroxyl groups is 1. The lowest BCUT2D eigenvalue weighted by Crippen LogP contribution is -2.34. The van der Waals surface area contributed by atoms with E-state index >= 15 is 0 Å². The van der Waals surface area contributed by atoms with E-state index < -0.39 is 5.91 Å². The van der Waals surface area contributed by atoms with E-state index in [1.54, 1.807) is 30.3 Å². The summed E-state index contributed by atoms with van der Waals surface area (Å²) in [5.41, 5.74) is 0.952. The van der Waals surface area contributed by atoms with E-state index in [2.05, 4.69) is 10.6 Å². The van der Waals surface area contributed by atoms with E-state index in [1.165, 1.54) is 33.5 Å². The van der Waals surface area contributed by atoms with Gasteiger partial charge in [-0.15, -0.1) is 0 Å². The van der Waals surface area contributed by atoms with Gasteiger partial charge in [-0.25, -0.2) is 0 Å². The molecule has 0 saturated carbocycles. The molecule has 0 aromatic heterocycles. The van der Waals surface area contributed by atoms with Gasteiger partial charge in [-0.05, 0) is 36.5 Å². The zero-order valence-electron chi connectivity index (χ0n) is 16.1. The highest BCUT2D eigenvalue weighted by molar-refractivity contribution is 7.80. The normalized spacial score (nSPS) is 10.3. The Balaban J connectivity index is 1.82. The first-order chi connectivity index (χ1) is 14.0. The number of phenolic OH excluding ortho intramolecular Hbond substituents is 1. The van der Waals surface area contributed by atoms with Gasteiger partial charge in [0.05, 0.1) is 21.3 Å². The zero-order chi connectivity index (χ0) is 21.0. The van der Waals surface area contributed by atoms with Crippen molar-refractivity contribution < 1.29 is 24.1 Å². The number of benzene rings is 3. The fourth-order valence-electron chi connectivity index (χ4n) is 2.94. The van der Waals surface area contributed by atoms with Crippen LogP contribution in [-0.4, -0.2) is 37.5 Å². The molecule has 1 amide bonds. The van der Waals surface area contributed by atoms with Crippen molar-refractivity contribution in [2.75, 3.05) is 26.6 Å². The van der Waals surface area contributed by atoms with Crippen LogP contribution in [0, 0.1) is 0 Å². The third-order valence-corrected chi connectivity index (χ3v) is 4.51. The minimum Gasteiger partial charge on any atom is -0.507 e. The van der Waals surface area contributed by atoms with Crippen molar-refractivity contribution in [3.8, 4) is 23.0 Å². The van der Waals surface area contributed by atoms with Crippen LogP contribution < -0.4 is 24.8 Å². The van der Waals surface area contributed by atoms with E-state index in [-0.39, 0.29) is 10.9 Å². The van der Waals surface area contributed by atoms with Gasteiger partial charge < -0.3 is 24.6 Å². The van der Waals surface area contributed by atoms with Gasteiger partial charge in [-0.1, -0.05) is 24.3 Å². The van der Waals surface area contributed by atoms with Gasteiger partial charge >= 0.3 is 0 Å². The van der Waals surface area contributed by atoms with E-state index in [0.717, 1.165) is 5.39 Å². The molecule has 0 fully saturated rings. The van der Waals surface area contributed by atoms with Gasteiger partial charge in [0.15, 0.2) is 16.6 Å². The van der Waals surface area contributed by atoms with E-state index in [9.17, 15) is 9.90 Å². The fraction of sp³-hybridized carbons (Fsp3) is 0.143. The molecule has 0 heterocycles. The highest BCUT2D eigenvalue weighted by Crippen LogP contribution is 2.38. The monoisotopic (exact) mass is 412 g/mol. The molecule has 3 aromatic carbocycles. The maximum absolute atomic E-state index is 12.7. The molecule has 150 valence electrons. The number of anilines is 1. The third-order valence-electron chi connectivity index (χ3n) is 4.30. The van der Waals surface area contributed by atoms with Crippen molar-refractivity contribution in [2.45, 2.75) is 0 Å². The van der Waals surface area contributed by atoms with Crippen LogP contribution in [0.15, 0.2) is 48.5 Å². The molecule has 3 N–H and O–H groups in total. The Kier molecular flexibility index (Phi) is 6.04.